The lowest BCUT2D eigenvalue weighted by Crippen LogP contribution is -2.27. The first-order valence-corrected chi connectivity index (χ1v) is 4.44. The highest BCUT2D eigenvalue weighted by Crippen LogP contribution is 2.20. The Kier molecular flexibility index (Phi) is 3.49. The van der Waals surface area contributed by atoms with E-state index in [0.29, 0.717) is 11.4 Å². The molecule has 5 heteroatoms. The Bertz CT molecular complexity index is 368. The van der Waals surface area contributed by atoms with Crippen LogP contribution in [0.1, 0.15) is 6.92 Å². The summed E-state index contributed by atoms with van der Waals surface area (Å²) >= 11 is 0. The minimum atomic E-state index is -0.570. The van der Waals surface area contributed by atoms with Crippen LogP contribution in [0.3, 0.4) is 0 Å². The van der Waals surface area contributed by atoms with Crippen LogP contribution in [0, 0.1) is 5.82 Å². The second-order valence-electron chi connectivity index (χ2n) is 3.12. The number of carbonyl (C=O) groups is 1. The minimum absolute atomic E-state index is 0.382. The molecule has 1 unspecified atom stereocenters. The fourth-order valence-corrected chi connectivity index (χ4v) is 1.12. The lowest BCUT2D eigenvalue weighted by atomic mass is 10.2. The van der Waals surface area contributed by atoms with E-state index in [1.165, 1.54) is 25.3 Å². The molecule has 0 aliphatic heterocycles. The molecular weight excluding hydrogens is 199 g/mol. The Balaban J connectivity index is 2.80. The number of rotatable bonds is 3. The molecule has 15 heavy (non-hydrogen) atoms. The number of carbonyl (C=O) groups excluding carboxylic acids is 1. The third-order valence-electron chi connectivity index (χ3n) is 1.94. The first-order valence-electron chi connectivity index (χ1n) is 4.44. The zero-order valence-electron chi connectivity index (χ0n) is 8.58. The summed E-state index contributed by atoms with van der Waals surface area (Å²) in [5, 5.41) is 2.76. The lowest BCUT2D eigenvalue weighted by Gasteiger charge is -2.14. The normalized spacial score (nSPS) is 11.9. The third kappa shape index (κ3) is 2.83. The second kappa shape index (κ2) is 4.63. The average molecular weight is 212 g/mol. The summed E-state index contributed by atoms with van der Waals surface area (Å²) in [6.45, 7) is 1.61. The summed E-state index contributed by atoms with van der Waals surface area (Å²) in [4.78, 5) is 11.1. The average Bonchev–Trinajstić information content (AvgIpc) is 2.22. The largest absolute Gasteiger partial charge is 0.467 e. The van der Waals surface area contributed by atoms with Gasteiger partial charge in [0.2, 0.25) is 0 Å². The second-order valence-corrected chi connectivity index (χ2v) is 3.12. The van der Waals surface area contributed by atoms with E-state index in [1.807, 2.05) is 0 Å². The molecule has 1 aromatic carbocycles. The Hall–Kier alpha value is -1.78. The molecule has 0 aliphatic rings. The van der Waals surface area contributed by atoms with Gasteiger partial charge in [0.25, 0.3) is 0 Å². The number of nitrogens with one attached hydrogen (secondary N) is 1. The summed E-state index contributed by atoms with van der Waals surface area (Å²) < 4.78 is 17.4. The molecule has 0 saturated heterocycles. The highest BCUT2D eigenvalue weighted by molar-refractivity contribution is 5.80. The number of hydrogen-bond acceptors (Lipinski definition) is 4. The molecule has 0 heterocycles. The fourth-order valence-electron chi connectivity index (χ4n) is 1.12. The Morgan fingerprint density at radius 1 is 1.60 bits per heavy atom. The zero-order valence-corrected chi connectivity index (χ0v) is 8.58. The van der Waals surface area contributed by atoms with Crippen LogP contribution in [0.25, 0.3) is 0 Å². The molecule has 0 bridgehead atoms. The molecule has 1 rings (SSSR count). The van der Waals surface area contributed by atoms with Crippen LogP contribution in [0.4, 0.5) is 15.8 Å². The van der Waals surface area contributed by atoms with Gasteiger partial charge in [-0.25, -0.2) is 9.18 Å². The smallest absolute Gasteiger partial charge is 0.327 e. The predicted molar refractivity (Wildman–Crippen MR) is 55.9 cm³/mol. The van der Waals surface area contributed by atoms with Crippen molar-refractivity contribution in [3.63, 3.8) is 0 Å². The van der Waals surface area contributed by atoms with Crippen molar-refractivity contribution in [2.45, 2.75) is 13.0 Å². The Morgan fingerprint density at radius 3 is 2.87 bits per heavy atom. The Labute approximate surface area is 87.2 Å². The van der Waals surface area contributed by atoms with Crippen molar-refractivity contribution < 1.29 is 13.9 Å². The third-order valence-corrected chi connectivity index (χ3v) is 1.94. The van der Waals surface area contributed by atoms with Crippen molar-refractivity contribution >= 4 is 17.3 Å². The van der Waals surface area contributed by atoms with Crippen LogP contribution in [-0.2, 0) is 9.53 Å². The van der Waals surface area contributed by atoms with Gasteiger partial charge in [0, 0.05) is 0 Å². The monoisotopic (exact) mass is 212 g/mol. The van der Waals surface area contributed by atoms with E-state index in [2.05, 4.69) is 10.1 Å². The Morgan fingerprint density at radius 2 is 2.27 bits per heavy atom. The number of methoxy groups -OCH3 is 1. The van der Waals surface area contributed by atoms with Gasteiger partial charge in [-0.15, -0.1) is 0 Å². The molecule has 1 atom stereocenters. The van der Waals surface area contributed by atoms with Crippen LogP contribution in [0.2, 0.25) is 0 Å². The summed E-state index contributed by atoms with van der Waals surface area (Å²) in [5.74, 6) is -0.845. The summed E-state index contributed by atoms with van der Waals surface area (Å²) in [5.41, 5.74) is 6.36. The predicted octanol–water partition coefficient (Wildman–Crippen LogP) is 1.38. The number of esters is 1. The van der Waals surface area contributed by atoms with Gasteiger partial charge in [0.05, 0.1) is 18.5 Å². The highest BCUT2D eigenvalue weighted by Gasteiger charge is 2.13. The molecule has 0 saturated carbocycles. The molecule has 82 valence electrons. The molecule has 1 aromatic rings. The quantitative estimate of drug-likeness (QED) is 0.587. The van der Waals surface area contributed by atoms with Gasteiger partial charge in [0.1, 0.15) is 11.9 Å². The molecule has 3 N–H and O–H groups in total. The number of nitrogen functional groups attached to an aromatic ring is 1. The van der Waals surface area contributed by atoms with Gasteiger partial charge >= 0.3 is 5.97 Å². The first kappa shape index (κ1) is 11.3. The van der Waals surface area contributed by atoms with Crippen molar-refractivity contribution in [2.75, 3.05) is 18.2 Å². The standard InChI is InChI=1S/C10H13FN2O2/c1-6(10(14)15-2)13-9-5-7(11)3-4-8(9)12/h3-6,13H,12H2,1-2H3. The summed E-state index contributed by atoms with van der Waals surface area (Å²) in [7, 11) is 1.29. The molecule has 0 aromatic heterocycles. The van der Waals surface area contributed by atoms with Crippen molar-refractivity contribution in [3.8, 4) is 0 Å². The molecular formula is C10H13FN2O2. The van der Waals surface area contributed by atoms with E-state index < -0.39 is 17.8 Å². The van der Waals surface area contributed by atoms with Gasteiger partial charge in [-0.1, -0.05) is 0 Å². The zero-order chi connectivity index (χ0) is 11.4. The van der Waals surface area contributed by atoms with Crippen molar-refractivity contribution in [1.82, 2.24) is 0 Å². The van der Waals surface area contributed by atoms with E-state index in [9.17, 15) is 9.18 Å². The fraction of sp³-hybridized carbons (Fsp3) is 0.300. The van der Waals surface area contributed by atoms with Crippen LogP contribution < -0.4 is 11.1 Å². The number of ether oxygens (including phenoxy) is 1. The van der Waals surface area contributed by atoms with E-state index in [-0.39, 0.29) is 0 Å². The van der Waals surface area contributed by atoms with Crippen LogP contribution in [-0.4, -0.2) is 19.1 Å². The maximum atomic E-state index is 12.9. The molecule has 0 aliphatic carbocycles. The van der Waals surface area contributed by atoms with Gasteiger partial charge in [0.15, 0.2) is 0 Å². The number of anilines is 2. The number of benzene rings is 1. The molecule has 0 amide bonds. The van der Waals surface area contributed by atoms with Crippen molar-refractivity contribution in [1.29, 1.82) is 0 Å². The van der Waals surface area contributed by atoms with E-state index >= 15 is 0 Å². The van der Waals surface area contributed by atoms with Gasteiger partial charge in [-0.3, -0.25) is 0 Å². The first-order chi connectivity index (χ1) is 7.04. The van der Waals surface area contributed by atoms with E-state index in [1.54, 1.807) is 6.92 Å². The van der Waals surface area contributed by atoms with Crippen LogP contribution in [0.5, 0.6) is 0 Å². The van der Waals surface area contributed by atoms with Gasteiger partial charge < -0.3 is 15.8 Å². The molecule has 4 nitrogen and oxygen atoms in total. The SMILES string of the molecule is COC(=O)C(C)Nc1cc(F)ccc1N. The number of hydrogen-bond donors (Lipinski definition) is 2. The van der Waals surface area contributed by atoms with Crippen LogP contribution in [0.15, 0.2) is 18.2 Å². The maximum absolute atomic E-state index is 12.9. The number of halogens is 1. The van der Waals surface area contributed by atoms with E-state index in [0.717, 1.165) is 0 Å². The maximum Gasteiger partial charge on any atom is 0.327 e. The molecule has 0 radical (unpaired) electrons. The summed E-state index contributed by atoms with van der Waals surface area (Å²) in [6, 6.07) is 3.35. The number of nitrogens with two attached hydrogens (primary N) is 1. The minimum Gasteiger partial charge on any atom is -0.467 e. The van der Waals surface area contributed by atoms with E-state index in [4.69, 9.17) is 5.73 Å². The highest BCUT2D eigenvalue weighted by atomic mass is 19.1. The lowest BCUT2D eigenvalue weighted by molar-refractivity contribution is -0.141. The van der Waals surface area contributed by atoms with Crippen LogP contribution >= 0.6 is 0 Å². The topological polar surface area (TPSA) is 64.3 Å². The summed E-state index contributed by atoms with van der Waals surface area (Å²) in [6.07, 6.45) is 0. The van der Waals surface area contributed by atoms with Crippen molar-refractivity contribution in [2.24, 2.45) is 0 Å². The molecule has 0 fully saturated rings. The van der Waals surface area contributed by atoms with Gasteiger partial charge in [-0.2, -0.15) is 0 Å². The molecule has 0 spiro atoms. The van der Waals surface area contributed by atoms with Gasteiger partial charge in [-0.05, 0) is 25.1 Å². The van der Waals surface area contributed by atoms with Crippen molar-refractivity contribution in [3.05, 3.63) is 24.0 Å².